The molecule has 2 heterocycles. The molecule has 1 amide bonds. The second-order valence-electron chi connectivity index (χ2n) is 9.47. The number of carbonyl (C=O) groups is 1. The molecule has 5 rings (SSSR count). The maximum atomic E-state index is 13.6. The Bertz CT molecular complexity index is 1340. The highest BCUT2D eigenvalue weighted by Crippen LogP contribution is 2.32. The van der Waals surface area contributed by atoms with E-state index in [-0.39, 0.29) is 24.0 Å². The zero-order chi connectivity index (χ0) is 25.8. The fourth-order valence-electron chi connectivity index (χ4n) is 4.65. The molecule has 194 valence electrons. The molecular formula is C28H31N3O5S. The van der Waals surface area contributed by atoms with Gasteiger partial charge in [0.05, 0.1) is 4.90 Å². The lowest BCUT2D eigenvalue weighted by Gasteiger charge is -2.36. The second-order valence-corrected chi connectivity index (χ2v) is 11.2. The molecule has 1 fully saturated rings. The maximum Gasteiger partial charge on any atom is 0.241 e. The zero-order valence-corrected chi connectivity index (χ0v) is 21.6. The molecular weight excluding hydrogens is 490 g/mol. The Hall–Kier alpha value is -3.40. The van der Waals surface area contributed by atoms with Gasteiger partial charge < -0.3 is 14.4 Å². The standard InChI is InChI=1S/C28H31N3O5S/c1-21-7-10-24(11-8-21)37(33,34)29-25(17-22-5-3-2-4-6-22)28(32)31-15-13-30(14-16-31)19-23-9-12-26-27(18-23)36-20-35-26/h2-12,18,25,29H,13-17,19-20H2,1H3/t25-/m0/s1. The fraction of sp³-hybridized carbons (Fsp3) is 0.321. The topological polar surface area (TPSA) is 88.2 Å². The van der Waals surface area contributed by atoms with Crippen LogP contribution in [-0.4, -0.2) is 63.1 Å². The van der Waals surface area contributed by atoms with Crippen LogP contribution in [0, 0.1) is 6.92 Å². The van der Waals surface area contributed by atoms with Gasteiger partial charge in [0.25, 0.3) is 0 Å². The largest absolute Gasteiger partial charge is 0.454 e. The summed E-state index contributed by atoms with van der Waals surface area (Å²) in [5.74, 6) is 1.31. The average Bonchev–Trinajstić information content (AvgIpc) is 3.37. The third kappa shape index (κ3) is 6.12. The van der Waals surface area contributed by atoms with E-state index in [9.17, 15) is 13.2 Å². The summed E-state index contributed by atoms with van der Waals surface area (Å²) in [6.07, 6.45) is 0.280. The molecule has 2 aliphatic rings. The first kappa shape index (κ1) is 25.3. The Kier molecular flexibility index (Phi) is 7.45. The van der Waals surface area contributed by atoms with E-state index in [4.69, 9.17) is 9.47 Å². The van der Waals surface area contributed by atoms with Crippen LogP contribution >= 0.6 is 0 Å². The number of nitrogens with zero attached hydrogens (tertiary/aromatic N) is 2. The average molecular weight is 522 g/mol. The third-order valence-electron chi connectivity index (χ3n) is 6.74. The molecule has 0 bridgehead atoms. The Morgan fingerprint density at radius 3 is 2.32 bits per heavy atom. The van der Waals surface area contributed by atoms with Gasteiger partial charge >= 0.3 is 0 Å². The van der Waals surface area contributed by atoms with Gasteiger partial charge in [0, 0.05) is 32.7 Å². The van der Waals surface area contributed by atoms with E-state index in [1.807, 2.05) is 55.5 Å². The molecule has 0 radical (unpaired) electrons. The summed E-state index contributed by atoms with van der Waals surface area (Å²) in [5, 5.41) is 0. The second kappa shape index (κ2) is 10.9. The summed E-state index contributed by atoms with van der Waals surface area (Å²) in [4.78, 5) is 17.8. The van der Waals surface area contributed by atoms with Crippen LogP contribution in [0.3, 0.4) is 0 Å². The molecule has 2 aliphatic heterocycles. The van der Waals surface area contributed by atoms with Gasteiger partial charge in [-0.3, -0.25) is 9.69 Å². The number of carbonyl (C=O) groups excluding carboxylic acids is 1. The monoisotopic (exact) mass is 521 g/mol. The lowest BCUT2D eigenvalue weighted by molar-refractivity contribution is -0.134. The molecule has 3 aromatic rings. The highest BCUT2D eigenvalue weighted by molar-refractivity contribution is 7.89. The normalized spacial score (nSPS) is 16.5. The number of ether oxygens (including phenoxy) is 2. The van der Waals surface area contributed by atoms with E-state index in [1.54, 1.807) is 29.2 Å². The molecule has 37 heavy (non-hydrogen) atoms. The van der Waals surface area contributed by atoms with E-state index in [2.05, 4.69) is 9.62 Å². The minimum Gasteiger partial charge on any atom is -0.454 e. The Balaban J connectivity index is 1.26. The van der Waals surface area contributed by atoms with Crippen LogP contribution in [0.4, 0.5) is 0 Å². The summed E-state index contributed by atoms with van der Waals surface area (Å²) < 4.78 is 39.9. The number of nitrogens with one attached hydrogen (secondary N) is 1. The third-order valence-corrected chi connectivity index (χ3v) is 8.22. The predicted molar refractivity (Wildman–Crippen MR) is 140 cm³/mol. The van der Waals surface area contributed by atoms with Crippen molar-refractivity contribution in [3.05, 3.63) is 89.5 Å². The molecule has 1 atom stereocenters. The van der Waals surface area contributed by atoms with E-state index in [0.29, 0.717) is 26.2 Å². The van der Waals surface area contributed by atoms with Crippen molar-refractivity contribution in [3.8, 4) is 11.5 Å². The molecule has 1 N–H and O–H groups in total. The highest BCUT2D eigenvalue weighted by Gasteiger charge is 2.31. The van der Waals surface area contributed by atoms with Gasteiger partial charge in [0.15, 0.2) is 11.5 Å². The van der Waals surface area contributed by atoms with Crippen LogP contribution in [0.25, 0.3) is 0 Å². The van der Waals surface area contributed by atoms with E-state index in [0.717, 1.165) is 34.7 Å². The van der Waals surface area contributed by atoms with Crippen LogP contribution in [-0.2, 0) is 27.8 Å². The zero-order valence-electron chi connectivity index (χ0n) is 20.8. The Morgan fingerprint density at radius 2 is 1.59 bits per heavy atom. The Labute approximate surface area is 217 Å². The van der Waals surface area contributed by atoms with Crippen molar-refractivity contribution in [2.75, 3.05) is 33.0 Å². The minimum absolute atomic E-state index is 0.150. The van der Waals surface area contributed by atoms with Crippen LogP contribution in [0.2, 0.25) is 0 Å². The molecule has 1 saturated heterocycles. The lowest BCUT2D eigenvalue weighted by Crippen LogP contribution is -2.55. The molecule has 0 aromatic heterocycles. The number of aryl methyl sites for hydroxylation is 1. The number of rotatable bonds is 8. The predicted octanol–water partition coefficient (Wildman–Crippen LogP) is 2.96. The molecule has 3 aromatic carbocycles. The molecule has 0 spiro atoms. The van der Waals surface area contributed by atoms with Crippen molar-refractivity contribution in [1.29, 1.82) is 0 Å². The smallest absolute Gasteiger partial charge is 0.241 e. The maximum absolute atomic E-state index is 13.6. The van der Waals surface area contributed by atoms with Gasteiger partial charge in [-0.15, -0.1) is 0 Å². The molecule has 0 saturated carbocycles. The number of fused-ring (bicyclic) bond motifs is 1. The van der Waals surface area contributed by atoms with Crippen molar-refractivity contribution < 1.29 is 22.7 Å². The van der Waals surface area contributed by atoms with Crippen molar-refractivity contribution in [2.24, 2.45) is 0 Å². The van der Waals surface area contributed by atoms with Gasteiger partial charge in [0.1, 0.15) is 6.04 Å². The molecule has 8 nitrogen and oxygen atoms in total. The van der Waals surface area contributed by atoms with E-state index >= 15 is 0 Å². The lowest BCUT2D eigenvalue weighted by atomic mass is 10.1. The van der Waals surface area contributed by atoms with Gasteiger partial charge in [-0.2, -0.15) is 4.72 Å². The first-order valence-electron chi connectivity index (χ1n) is 12.4. The molecule has 0 aliphatic carbocycles. The quantitative estimate of drug-likeness (QED) is 0.491. The van der Waals surface area contributed by atoms with Gasteiger partial charge in [0.2, 0.25) is 22.7 Å². The molecule has 0 unspecified atom stereocenters. The number of piperazine rings is 1. The van der Waals surface area contributed by atoms with Gasteiger partial charge in [-0.05, 0) is 48.7 Å². The fourth-order valence-corrected chi connectivity index (χ4v) is 5.84. The number of hydrogen-bond donors (Lipinski definition) is 1. The summed E-state index contributed by atoms with van der Waals surface area (Å²) in [6, 6.07) is 21.2. The number of hydrogen-bond acceptors (Lipinski definition) is 6. The van der Waals surface area contributed by atoms with Crippen LogP contribution in [0.5, 0.6) is 11.5 Å². The summed E-state index contributed by atoms with van der Waals surface area (Å²) in [5.41, 5.74) is 2.99. The molecule has 9 heteroatoms. The summed E-state index contributed by atoms with van der Waals surface area (Å²) in [7, 11) is -3.87. The number of benzene rings is 3. The number of sulfonamides is 1. The van der Waals surface area contributed by atoms with Gasteiger partial charge in [-0.25, -0.2) is 8.42 Å². The van der Waals surface area contributed by atoms with Crippen molar-refractivity contribution >= 4 is 15.9 Å². The first-order valence-corrected chi connectivity index (χ1v) is 13.9. The SMILES string of the molecule is Cc1ccc(S(=O)(=O)N[C@@H](Cc2ccccc2)C(=O)N2CCN(Cc3ccc4c(c3)OCO4)CC2)cc1. The highest BCUT2D eigenvalue weighted by atomic mass is 32.2. The van der Waals surface area contributed by atoms with Crippen molar-refractivity contribution in [1.82, 2.24) is 14.5 Å². The van der Waals surface area contributed by atoms with Gasteiger partial charge in [-0.1, -0.05) is 54.1 Å². The van der Waals surface area contributed by atoms with Crippen LogP contribution in [0.15, 0.2) is 77.7 Å². The van der Waals surface area contributed by atoms with Crippen LogP contribution < -0.4 is 14.2 Å². The van der Waals surface area contributed by atoms with E-state index < -0.39 is 16.1 Å². The number of amides is 1. The van der Waals surface area contributed by atoms with Crippen molar-refractivity contribution in [2.45, 2.75) is 30.8 Å². The summed E-state index contributed by atoms with van der Waals surface area (Å²) >= 11 is 0. The van der Waals surface area contributed by atoms with Crippen molar-refractivity contribution in [3.63, 3.8) is 0 Å². The minimum atomic E-state index is -3.87. The van der Waals surface area contributed by atoms with Crippen LogP contribution in [0.1, 0.15) is 16.7 Å². The Morgan fingerprint density at radius 1 is 0.892 bits per heavy atom. The first-order chi connectivity index (χ1) is 17.9. The summed E-state index contributed by atoms with van der Waals surface area (Å²) in [6.45, 7) is 5.34. The van der Waals surface area contributed by atoms with E-state index in [1.165, 1.54) is 0 Å².